The first kappa shape index (κ1) is 25.6. The minimum absolute atomic E-state index is 0.0228. The molecule has 4 rings (SSSR count). The van der Waals surface area contributed by atoms with E-state index in [1.165, 1.54) is 37.7 Å². The predicted octanol–water partition coefficient (Wildman–Crippen LogP) is 6.63. The molecule has 0 radical (unpaired) electrons. The Bertz CT molecular complexity index is 1170. The van der Waals surface area contributed by atoms with Gasteiger partial charge < -0.3 is 9.15 Å². The van der Waals surface area contributed by atoms with Gasteiger partial charge in [0, 0.05) is 35.0 Å². The number of alkyl halides is 2. The van der Waals surface area contributed by atoms with E-state index in [0.717, 1.165) is 55.3 Å². The summed E-state index contributed by atoms with van der Waals surface area (Å²) in [5.74, 6) is -1.03. The number of pyridine rings is 1. The van der Waals surface area contributed by atoms with E-state index in [0.29, 0.717) is 24.4 Å². The van der Waals surface area contributed by atoms with Crippen LogP contribution in [0.4, 0.5) is 8.78 Å². The van der Waals surface area contributed by atoms with Gasteiger partial charge in [-0.15, -0.1) is 11.8 Å². The Morgan fingerprint density at radius 1 is 1.11 bits per heavy atom. The first-order valence-electron chi connectivity index (χ1n) is 12.3. The van der Waals surface area contributed by atoms with Crippen LogP contribution in [-0.4, -0.2) is 35.3 Å². The van der Waals surface area contributed by atoms with Crippen LogP contribution < -0.4 is 10.2 Å². The standard InChI is InChI=1S/C27H32F2N2O3S/c1-27(28,29)20-8-9-22-23(16-20)30-11-10-26(22)35-15-7-3-6-14-33-25-19-34-21(17-24(25)32)18-31-12-4-2-5-13-31/h8-11,16-17,19H,2-7,12-15,18H2,1H3. The number of ether oxygens (including phenoxy) is 1. The number of hydrogen-bond acceptors (Lipinski definition) is 6. The minimum Gasteiger partial charge on any atom is -0.487 e. The summed E-state index contributed by atoms with van der Waals surface area (Å²) in [5.41, 5.74) is 0.431. The molecule has 1 saturated heterocycles. The second-order valence-electron chi connectivity index (χ2n) is 9.10. The SMILES string of the molecule is CC(F)(F)c1ccc2c(SCCCCCOc3coc(CN4CCCCC4)cc3=O)ccnc2c1. The van der Waals surface area contributed by atoms with Crippen molar-refractivity contribution in [1.82, 2.24) is 9.88 Å². The number of likely N-dealkylation sites (tertiary alicyclic amines) is 1. The molecule has 1 fully saturated rings. The monoisotopic (exact) mass is 502 g/mol. The third kappa shape index (κ3) is 7.27. The number of nitrogens with zero attached hydrogens (tertiary/aromatic N) is 2. The maximum atomic E-state index is 13.6. The Balaban J connectivity index is 1.18. The molecule has 0 aliphatic carbocycles. The minimum atomic E-state index is -2.88. The average molecular weight is 503 g/mol. The van der Waals surface area contributed by atoms with E-state index in [1.807, 2.05) is 6.07 Å². The molecule has 5 nitrogen and oxygen atoms in total. The van der Waals surface area contributed by atoms with Gasteiger partial charge in [-0.25, -0.2) is 8.78 Å². The predicted molar refractivity (Wildman–Crippen MR) is 135 cm³/mol. The van der Waals surface area contributed by atoms with Crippen LogP contribution in [0, 0.1) is 0 Å². The Morgan fingerprint density at radius 3 is 2.71 bits per heavy atom. The van der Waals surface area contributed by atoms with Gasteiger partial charge in [-0.2, -0.15) is 0 Å². The molecule has 0 unspecified atom stereocenters. The number of rotatable bonds is 11. The molecule has 3 heterocycles. The van der Waals surface area contributed by atoms with Gasteiger partial charge in [0.25, 0.3) is 5.92 Å². The van der Waals surface area contributed by atoms with Gasteiger partial charge in [0.1, 0.15) is 12.0 Å². The highest BCUT2D eigenvalue weighted by Crippen LogP contribution is 2.32. The van der Waals surface area contributed by atoms with Crippen LogP contribution in [0.3, 0.4) is 0 Å². The fourth-order valence-electron chi connectivity index (χ4n) is 4.23. The van der Waals surface area contributed by atoms with Gasteiger partial charge in [-0.3, -0.25) is 14.7 Å². The maximum absolute atomic E-state index is 13.6. The van der Waals surface area contributed by atoms with E-state index in [4.69, 9.17) is 9.15 Å². The Kier molecular flexibility index (Phi) is 8.78. The molecule has 35 heavy (non-hydrogen) atoms. The number of aromatic nitrogens is 1. The first-order chi connectivity index (χ1) is 16.9. The number of piperidine rings is 1. The Hall–Kier alpha value is -2.45. The number of unbranched alkanes of at least 4 members (excludes halogenated alkanes) is 2. The van der Waals surface area contributed by atoms with E-state index in [1.54, 1.807) is 30.1 Å². The highest BCUT2D eigenvalue weighted by atomic mass is 32.2. The largest absolute Gasteiger partial charge is 0.487 e. The molecule has 0 amide bonds. The third-order valence-corrected chi connectivity index (χ3v) is 7.35. The Morgan fingerprint density at radius 2 is 1.94 bits per heavy atom. The number of benzene rings is 1. The van der Waals surface area contributed by atoms with Crippen LogP contribution >= 0.6 is 11.8 Å². The molecular formula is C27H32F2N2O3S. The molecule has 1 aliphatic heterocycles. The van der Waals surface area contributed by atoms with Crippen molar-refractivity contribution in [3.63, 3.8) is 0 Å². The molecule has 0 bridgehead atoms. The molecule has 188 valence electrons. The smallest absolute Gasteiger partial charge is 0.270 e. The quantitative estimate of drug-likeness (QED) is 0.217. The van der Waals surface area contributed by atoms with E-state index in [-0.39, 0.29) is 16.7 Å². The van der Waals surface area contributed by atoms with Gasteiger partial charge in [-0.05, 0) is 63.1 Å². The molecule has 1 aliphatic rings. The van der Waals surface area contributed by atoms with Crippen LogP contribution in [0.15, 0.2) is 56.9 Å². The normalized spacial score (nSPS) is 14.9. The molecule has 3 aromatic rings. The van der Waals surface area contributed by atoms with Crippen LogP contribution in [-0.2, 0) is 12.5 Å². The summed E-state index contributed by atoms with van der Waals surface area (Å²) in [4.78, 5) is 19.9. The molecular weight excluding hydrogens is 470 g/mol. The second kappa shape index (κ2) is 12.0. The van der Waals surface area contributed by atoms with Gasteiger partial charge in [0.05, 0.1) is 18.7 Å². The van der Waals surface area contributed by atoms with Crippen molar-refractivity contribution in [3.05, 3.63) is 64.3 Å². The zero-order valence-corrected chi connectivity index (χ0v) is 20.9. The van der Waals surface area contributed by atoms with Crippen LogP contribution in [0.5, 0.6) is 5.75 Å². The van der Waals surface area contributed by atoms with Gasteiger partial charge >= 0.3 is 0 Å². The zero-order valence-electron chi connectivity index (χ0n) is 20.1. The highest BCUT2D eigenvalue weighted by Gasteiger charge is 2.24. The van der Waals surface area contributed by atoms with Crippen molar-refractivity contribution in [2.45, 2.75) is 62.8 Å². The lowest BCUT2D eigenvalue weighted by atomic mass is 10.1. The molecule has 1 aromatic carbocycles. The van der Waals surface area contributed by atoms with Crippen LogP contribution in [0.25, 0.3) is 10.9 Å². The summed E-state index contributed by atoms with van der Waals surface area (Å²) < 4.78 is 38.5. The van der Waals surface area contributed by atoms with E-state index in [2.05, 4.69) is 9.88 Å². The summed E-state index contributed by atoms with van der Waals surface area (Å²) in [5, 5.41) is 0.893. The van der Waals surface area contributed by atoms with Crippen molar-refractivity contribution in [2.24, 2.45) is 0 Å². The summed E-state index contributed by atoms with van der Waals surface area (Å²) >= 11 is 1.70. The average Bonchev–Trinajstić information content (AvgIpc) is 2.84. The fourth-order valence-corrected chi connectivity index (χ4v) is 5.28. The number of thioether (sulfide) groups is 1. The van der Waals surface area contributed by atoms with Crippen molar-refractivity contribution in [1.29, 1.82) is 0 Å². The molecule has 8 heteroatoms. The molecule has 0 atom stereocenters. The molecule has 0 N–H and O–H groups in total. The summed E-state index contributed by atoms with van der Waals surface area (Å²) in [7, 11) is 0. The van der Waals surface area contributed by atoms with E-state index >= 15 is 0 Å². The van der Waals surface area contributed by atoms with Gasteiger partial charge in [0.15, 0.2) is 0 Å². The van der Waals surface area contributed by atoms with Crippen LogP contribution in [0.2, 0.25) is 0 Å². The highest BCUT2D eigenvalue weighted by molar-refractivity contribution is 7.99. The topological polar surface area (TPSA) is 55.6 Å². The van der Waals surface area contributed by atoms with E-state index < -0.39 is 5.92 Å². The lowest BCUT2D eigenvalue weighted by Gasteiger charge is -2.25. The summed E-state index contributed by atoms with van der Waals surface area (Å²) in [6.45, 7) is 4.14. The van der Waals surface area contributed by atoms with Gasteiger partial charge in [-0.1, -0.05) is 18.6 Å². The van der Waals surface area contributed by atoms with Crippen molar-refractivity contribution in [3.8, 4) is 5.75 Å². The lowest BCUT2D eigenvalue weighted by Crippen LogP contribution is -2.29. The maximum Gasteiger partial charge on any atom is 0.270 e. The zero-order chi connectivity index (χ0) is 24.7. The van der Waals surface area contributed by atoms with Crippen molar-refractivity contribution >= 4 is 22.7 Å². The lowest BCUT2D eigenvalue weighted by molar-refractivity contribution is 0.0176. The van der Waals surface area contributed by atoms with Crippen molar-refractivity contribution in [2.75, 3.05) is 25.4 Å². The number of hydrogen-bond donors (Lipinski definition) is 0. The molecule has 0 saturated carbocycles. The van der Waals surface area contributed by atoms with E-state index in [9.17, 15) is 13.6 Å². The summed E-state index contributed by atoms with van der Waals surface area (Å²) in [6.07, 6.45) is 9.55. The third-order valence-electron chi connectivity index (χ3n) is 6.19. The Labute approximate surface area is 208 Å². The number of halogens is 2. The summed E-state index contributed by atoms with van der Waals surface area (Å²) in [6, 6.07) is 8.14. The van der Waals surface area contributed by atoms with Crippen molar-refractivity contribution < 1.29 is 17.9 Å². The first-order valence-corrected chi connectivity index (χ1v) is 13.3. The van der Waals surface area contributed by atoms with Gasteiger partial charge in [0.2, 0.25) is 11.2 Å². The molecule has 0 spiro atoms. The molecule has 2 aromatic heterocycles. The second-order valence-corrected chi connectivity index (χ2v) is 10.2. The number of fused-ring (bicyclic) bond motifs is 1. The van der Waals surface area contributed by atoms with Crippen LogP contribution in [0.1, 0.15) is 56.8 Å². The fraction of sp³-hybridized carbons (Fsp3) is 0.481.